The first-order valence-electron chi connectivity index (χ1n) is 5.17. The number of aromatic nitrogens is 2. The highest BCUT2D eigenvalue weighted by Gasteiger charge is 1.97. The van der Waals surface area contributed by atoms with E-state index in [2.05, 4.69) is 33.5 Å². The molecule has 0 aliphatic carbocycles. The lowest BCUT2D eigenvalue weighted by molar-refractivity contribution is 1.31. The van der Waals surface area contributed by atoms with Crippen LogP contribution in [0.5, 0.6) is 0 Å². The molecule has 16 heavy (non-hydrogen) atoms. The molecule has 1 aromatic carbocycles. The van der Waals surface area contributed by atoms with E-state index in [0.717, 1.165) is 17.0 Å². The SMILES string of the molecule is c1ccc(Nc2ccc3cc[nH]c3c2)nc1. The molecule has 0 atom stereocenters. The van der Waals surface area contributed by atoms with Crippen molar-refractivity contribution in [3.63, 3.8) is 0 Å². The Morgan fingerprint density at radius 1 is 1.06 bits per heavy atom. The quantitative estimate of drug-likeness (QED) is 0.679. The van der Waals surface area contributed by atoms with Crippen molar-refractivity contribution < 1.29 is 0 Å². The molecular formula is C13H11N3. The molecule has 0 aliphatic rings. The van der Waals surface area contributed by atoms with Crippen molar-refractivity contribution in [1.82, 2.24) is 9.97 Å². The number of fused-ring (bicyclic) bond motifs is 1. The van der Waals surface area contributed by atoms with E-state index >= 15 is 0 Å². The number of rotatable bonds is 2. The van der Waals surface area contributed by atoms with Gasteiger partial charge >= 0.3 is 0 Å². The van der Waals surface area contributed by atoms with Gasteiger partial charge in [-0.3, -0.25) is 0 Å². The van der Waals surface area contributed by atoms with Crippen LogP contribution in [0.4, 0.5) is 11.5 Å². The summed E-state index contributed by atoms with van der Waals surface area (Å²) >= 11 is 0. The molecule has 3 nitrogen and oxygen atoms in total. The van der Waals surface area contributed by atoms with E-state index in [9.17, 15) is 0 Å². The van der Waals surface area contributed by atoms with Crippen LogP contribution in [0, 0.1) is 0 Å². The first-order valence-corrected chi connectivity index (χ1v) is 5.17. The topological polar surface area (TPSA) is 40.7 Å². The molecular weight excluding hydrogens is 198 g/mol. The summed E-state index contributed by atoms with van der Waals surface area (Å²) in [7, 11) is 0. The maximum absolute atomic E-state index is 4.22. The monoisotopic (exact) mass is 209 g/mol. The Morgan fingerprint density at radius 3 is 2.94 bits per heavy atom. The van der Waals surface area contributed by atoms with Crippen molar-refractivity contribution in [3.8, 4) is 0 Å². The molecule has 3 rings (SSSR count). The molecule has 2 N–H and O–H groups in total. The Morgan fingerprint density at radius 2 is 2.06 bits per heavy atom. The minimum atomic E-state index is 0.855. The van der Waals surface area contributed by atoms with Gasteiger partial charge in [0.05, 0.1) is 0 Å². The molecule has 0 saturated carbocycles. The van der Waals surface area contributed by atoms with Gasteiger partial charge in [-0.15, -0.1) is 0 Å². The van der Waals surface area contributed by atoms with E-state index in [1.807, 2.05) is 30.5 Å². The molecule has 2 aromatic heterocycles. The van der Waals surface area contributed by atoms with Gasteiger partial charge in [-0.05, 0) is 35.7 Å². The lowest BCUT2D eigenvalue weighted by atomic mass is 10.2. The molecule has 0 spiro atoms. The summed E-state index contributed by atoms with van der Waals surface area (Å²) in [4.78, 5) is 7.41. The summed E-state index contributed by atoms with van der Waals surface area (Å²) in [5.41, 5.74) is 2.16. The van der Waals surface area contributed by atoms with Gasteiger partial charge in [0.25, 0.3) is 0 Å². The van der Waals surface area contributed by atoms with Gasteiger partial charge in [0.1, 0.15) is 5.82 Å². The van der Waals surface area contributed by atoms with Crippen LogP contribution in [-0.2, 0) is 0 Å². The Bertz CT molecular complexity index is 599. The second-order valence-electron chi connectivity index (χ2n) is 3.62. The average Bonchev–Trinajstić information content (AvgIpc) is 2.77. The highest BCUT2D eigenvalue weighted by atomic mass is 15.0. The number of pyridine rings is 1. The maximum Gasteiger partial charge on any atom is 0.130 e. The zero-order valence-corrected chi connectivity index (χ0v) is 8.64. The molecule has 3 aromatic rings. The van der Waals surface area contributed by atoms with E-state index in [1.54, 1.807) is 6.20 Å². The molecule has 0 bridgehead atoms. The summed E-state index contributed by atoms with van der Waals surface area (Å²) in [5, 5.41) is 4.47. The molecule has 0 unspecified atom stereocenters. The fraction of sp³-hybridized carbons (Fsp3) is 0. The van der Waals surface area contributed by atoms with Crippen molar-refractivity contribution in [2.45, 2.75) is 0 Å². The standard InChI is InChI=1S/C13H11N3/c1-2-7-15-13(3-1)16-11-5-4-10-6-8-14-12(10)9-11/h1-9,14H,(H,15,16). The first-order chi connectivity index (χ1) is 7.92. The van der Waals surface area contributed by atoms with Crippen LogP contribution in [0.1, 0.15) is 0 Å². The second-order valence-corrected chi connectivity index (χ2v) is 3.62. The summed E-state index contributed by atoms with van der Waals surface area (Å²) in [6.07, 6.45) is 3.71. The van der Waals surface area contributed by atoms with Crippen LogP contribution in [0.15, 0.2) is 54.9 Å². The highest BCUT2D eigenvalue weighted by molar-refractivity contribution is 5.83. The predicted octanol–water partition coefficient (Wildman–Crippen LogP) is 3.31. The third-order valence-electron chi connectivity index (χ3n) is 2.49. The Kier molecular flexibility index (Phi) is 2.07. The zero-order chi connectivity index (χ0) is 10.8. The van der Waals surface area contributed by atoms with Gasteiger partial charge in [-0.1, -0.05) is 12.1 Å². The molecule has 0 saturated heterocycles. The van der Waals surface area contributed by atoms with Gasteiger partial charge in [0.15, 0.2) is 0 Å². The molecule has 0 aliphatic heterocycles. The van der Waals surface area contributed by atoms with E-state index < -0.39 is 0 Å². The number of hydrogen-bond acceptors (Lipinski definition) is 2. The van der Waals surface area contributed by atoms with Crippen molar-refractivity contribution in [1.29, 1.82) is 0 Å². The molecule has 0 amide bonds. The highest BCUT2D eigenvalue weighted by Crippen LogP contribution is 2.20. The van der Waals surface area contributed by atoms with Crippen molar-refractivity contribution in [3.05, 3.63) is 54.9 Å². The molecule has 78 valence electrons. The summed E-state index contributed by atoms with van der Waals surface area (Å²) in [6.45, 7) is 0. The molecule has 3 heteroatoms. The van der Waals surface area contributed by atoms with Crippen molar-refractivity contribution in [2.24, 2.45) is 0 Å². The number of anilines is 2. The number of hydrogen-bond donors (Lipinski definition) is 2. The van der Waals surface area contributed by atoms with Crippen LogP contribution < -0.4 is 5.32 Å². The summed E-state index contributed by atoms with van der Waals surface area (Å²) < 4.78 is 0. The molecule has 2 heterocycles. The normalized spacial score (nSPS) is 10.5. The van der Waals surface area contributed by atoms with Gasteiger partial charge in [-0.2, -0.15) is 0 Å². The van der Waals surface area contributed by atoms with Gasteiger partial charge in [0.2, 0.25) is 0 Å². The minimum Gasteiger partial charge on any atom is -0.361 e. The first kappa shape index (κ1) is 8.97. The second kappa shape index (κ2) is 3.70. The largest absolute Gasteiger partial charge is 0.361 e. The van der Waals surface area contributed by atoms with E-state index in [1.165, 1.54) is 5.39 Å². The predicted molar refractivity (Wildman–Crippen MR) is 65.8 cm³/mol. The number of nitrogens with zero attached hydrogens (tertiary/aromatic N) is 1. The lowest BCUT2D eigenvalue weighted by Gasteiger charge is -2.04. The number of benzene rings is 1. The van der Waals surface area contributed by atoms with E-state index in [-0.39, 0.29) is 0 Å². The number of aromatic amines is 1. The van der Waals surface area contributed by atoms with Gasteiger partial charge in [-0.25, -0.2) is 4.98 Å². The van der Waals surface area contributed by atoms with Crippen LogP contribution in [-0.4, -0.2) is 9.97 Å². The smallest absolute Gasteiger partial charge is 0.130 e. The fourth-order valence-corrected chi connectivity index (χ4v) is 1.71. The van der Waals surface area contributed by atoms with Gasteiger partial charge < -0.3 is 10.3 Å². The van der Waals surface area contributed by atoms with Crippen LogP contribution in [0.25, 0.3) is 10.9 Å². The Labute approximate surface area is 93.1 Å². The van der Waals surface area contributed by atoms with Crippen LogP contribution >= 0.6 is 0 Å². The molecule has 0 radical (unpaired) electrons. The van der Waals surface area contributed by atoms with Crippen LogP contribution in [0.2, 0.25) is 0 Å². The minimum absolute atomic E-state index is 0.855. The zero-order valence-electron chi connectivity index (χ0n) is 8.64. The summed E-state index contributed by atoms with van der Waals surface area (Å²) in [5.74, 6) is 0.855. The van der Waals surface area contributed by atoms with Crippen molar-refractivity contribution >= 4 is 22.4 Å². The summed E-state index contributed by atoms with van der Waals surface area (Å²) in [6, 6.07) is 14.1. The van der Waals surface area contributed by atoms with Crippen LogP contribution in [0.3, 0.4) is 0 Å². The van der Waals surface area contributed by atoms with E-state index in [0.29, 0.717) is 0 Å². The Hall–Kier alpha value is -2.29. The maximum atomic E-state index is 4.22. The molecule has 0 fully saturated rings. The van der Waals surface area contributed by atoms with E-state index in [4.69, 9.17) is 0 Å². The third kappa shape index (κ3) is 1.63. The number of H-pyrrole nitrogens is 1. The lowest BCUT2D eigenvalue weighted by Crippen LogP contribution is -1.91. The fourth-order valence-electron chi connectivity index (χ4n) is 1.71. The van der Waals surface area contributed by atoms with Gasteiger partial charge in [0, 0.05) is 23.6 Å². The Balaban J connectivity index is 1.94. The van der Waals surface area contributed by atoms with Crippen molar-refractivity contribution in [2.75, 3.05) is 5.32 Å². The third-order valence-corrected chi connectivity index (χ3v) is 2.49. The number of nitrogens with one attached hydrogen (secondary N) is 2. The average molecular weight is 209 g/mol.